The second kappa shape index (κ2) is 5.35. The number of fused-ring (bicyclic) bond motifs is 1. The molecule has 0 bridgehead atoms. The van der Waals surface area contributed by atoms with Gasteiger partial charge >= 0.3 is 0 Å². The Hall–Kier alpha value is -2.11. The number of pyridine rings is 1. The minimum atomic E-state index is 0.103. The third-order valence-electron chi connectivity index (χ3n) is 4.34. The number of nitrogens with one attached hydrogen (secondary N) is 2. The summed E-state index contributed by atoms with van der Waals surface area (Å²) in [6.07, 6.45) is 4.63. The number of imidazole rings is 1. The zero-order chi connectivity index (χ0) is 15.0. The first kappa shape index (κ1) is 13.9. The molecule has 112 valence electrons. The van der Waals surface area contributed by atoms with Crippen LogP contribution in [0.1, 0.15) is 31.0 Å². The van der Waals surface area contributed by atoms with Crippen molar-refractivity contribution in [3.63, 3.8) is 0 Å². The van der Waals surface area contributed by atoms with E-state index >= 15 is 0 Å². The van der Waals surface area contributed by atoms with E-state index in [1.54, 1.807) is 7.05 Å². The van der Waals surface area contributed by atoms with Crippen molar-refractivity contribution in [1.82, 2.24) is 19.9 Å². The van der Waals surface area contributed by atoms with E-state index in [4.69, 9.17) is 0 Å². The molecule has 2 aromatic rings. The molecule has 0 radical (unpaired) electrons. The number of nitrogens with zero attached hydrogens (tertiary/aromatic N) is 3. The normalized spacial score (nSPS) is 21.7. The van der Waals surface area contributed by atoms with E-state index in [-0.39, 0.29) is 11.8 Å². The molecule has 1 fully saturated rings. The van der Waals surface area contributed by atoms with Crippen LogP contribution < -0.4 is 10.6 Å². The van der Waals surface area contributed by atoms with Crippen LogP contribution in [0.2, 0.25) is 0 Å². The van der Waals surface area contributed by atoms with Crippen molar-refractivity contribution in [2.24, 2.45) is 5.92 Å². The van der Waals surface area contributed by atoms with Crippen molar-refractivity contribution in [3.8, 4) is 0 Å². The van der Waals surface area contributed by atoms with Crippen LogP contribution in [-0.4, -0.2) is 34.5 Å². The molecule has 1 amide bonds. The summed E-state index contributed by atoms with van der Waals surface area (Å²) in [7, 11) is 3.59. The number of carbonyl (C=O) groups excluding carboxylic acids is 1. The number of hydrogen-bond donors (Lipinski definition) is 2. The van der Waals surface area contributed by atoms with Gasteiger partial charge in [-0.3, -0.25) is 4.79 Å². The first-order chi connectivity index (χ1) is 10.1. The molecule has 0 aromatic carbocycles. The topological polar surface area (TPSA) is 71.8 Å². The Balaban J connectivity index is 1.95. The lowest BCUT2D eigenvalue weighted by atomic mass is 10.1. The predicted molar refractivity (Wildman–Crippen MR) is 82.3 cm³/mol. The summed E-state index contributed by atoms with van der Waals surface area (Å²) >= 11 is 0. The molecule has 1 saturated carbocycles. The van der Waals surface area contributed by atoms with E-state index in [0.29, 0.717) is 6.04 Å². The fraction of sp³-hybridized carbons (Fsp3) is 0.533. The molecule has 21 heavy (non-hydrogen) atoms. The molecule has 0 spiro atoms. The van der Waals surface area contributed by atoms with Gasteiger partial charge in [0.2, 0.25) is 5.91 Å². The van der Waals surface area contributed by atoms with Crippen LogP contribution in [0.5, 0.6) is 0 Å². The van der Waals surface area contributed by atoms with Crippen molar-refractivity contribution < 1.29 is 4.79 Å². The van der Waals surface area contributed by atoms with Crippen molar-refractivity contribution in [2.75, 3.05) is 19.4 Å². The van der Waals surface area contributed by atoms with Crippen LogP contribution >= 0.6 is 0 Å². The van der Waals surface area contributed by atoms with Crippen LogP contribution in [0.4, 0.5) is 5.69 Å². The van der Waals surface area contributed by atoms with Gasteiger partial charge in [0.05, 0.1) is 12.0 Å². The van der Waals surface area contributed by atoms with Gasteiger partial charge in [-0.1, -0.05) is 0 Å². The molecule has 1 aliphatic rings. The van der Waals surface area contributed by atoms with Crippen LogP contribution in [0.25, 0.3) is 11.2 Å². The standard InChI is InChI=1S/C15H21N5O/c1-9-6-12(16-2)13-14(19-9)20(8-18-13)11-5-4-10(7-11)15(21)17-3/h6,8,10-11H,4-5,7H2,1-3H3,(H,16,19)(H,17,21). The van der Waals surface area contributed by atoms with E-state index in [0.717, 1.165) is 41.8 Å². The number of hydrogen-bond acceptors (Lipinski definition) is 4. The van der Waals surface area contributed by atoms with Gasteiger partial charge in [-0.2, -0.15) is 0 Å². The van der Waals surface area contributed by atoms with Crippen molar-refractivity contribution in [2.45, 2.75) is 32.2 Å². The van der Waals surface area contributed by atoms with Crippen molar-refractivity contribution in [1.29, 1.82) is 0 Å². The largest absolute Gasteiger partial charge is 0.386 e. The lowest BCUT2D eigenvalue weighted by Crippen LogP contribution is -2.25. The molecule has 2 unspecified atom stereocenters. The highest BCUT2D eigenvalue weighted by Gasteiger charge is 2.31. The van der Waals surface area contributed by atoms with Gasteiger partial charge in [0.15, 0.2) is 5.65 Å². The summed E-state index contributed by atoms with van der Waals surface area (Å²) in [6, 6.07) is 2.30. The summed E-state index contributed by atoms with van der Waals surface area (Å²) in [5.41, 5.74) is 3.76. The van der Waals surface area contributed by atoms with E-state index in [2.05, 4.69) is 25.2 Å². The quantitative estimate of drug-likeness (QED) is 0.904. The van der Waals surface area contributed by atoms with E-state index in [1.165, 1.54) is 0 Å². The third kappa shape index (κ3) is 2.34. The predicted octanol–water partition coefficient (Wildman–Crippen LogP) is 1.87. The Kier molecular flexibility index (Phi) is 3.53. The van der Waals surface area contributed by atoms with E-state index < -0.39 is 0 Å². The lowest BCUT2D eigenvalue weighted by Gasteiger charge is -2.13. The monoisotopic (exact) mass is 287 g/mol. The van der Waals surface area contributed by atoms with E-state index in [1.807, 2.05) is 26.4 Å². The molecule has 1 aliphatic carbocycles. The smallest absolute Gasteiger partial charge is 0.222 e. The summed E-state index contributed by atoms with van der Waals surface area (Å²) in [6.45, 7) is 1.99. The molecule has 6 heteroatoms. The van der Waals surface area contributed by atoms with Crippen LogP contribution in [-0.2, 0) is 4.79 Å². The molecule has 3 rings (SSSR count). The molecule has 2 atom stereocenters. The Morgan fingerprint density at radius 3 is 2.90 bits per heavy atom. The van der Waals surface area contributed by atoms with Gasteiger partial charge in [0.25, 0.3) is 0 Å². The van der Waals surface area contributed by atoms with Gasteiger partial charge in [0, 0.05) is 31.7 Å². The van der Waals surface area contributed by atoms with Crippen LogP contribution in [0, 0.1) is 12.8 Å². The maximum absolute atomic E-state index is 11.8. The number of carbonyl (C=O) groups is 1. The first-order valence-corrected chi connectivity index (χ1v) is 7.37. The van der Waals surface area contributed by atoms with Gasteiger partial charge in [-0.15, -0.1) is 0 Å². The number of amides is 1. The first-order valence-electron chi connectivity index (χ1n) is 7.37. The zero-order valence-electron chi connectivity index (χ0n) is 12.7. The summed E-state index contributed by atoms with van der Waals surface area (Å²) in [5.74, 6) is 0.244. The molecule has 2 aromatic heterocycles. The molecule has 0 aliphatic heterocycles. The Morgan fingerprint density at radius 2 is 2.19 bits per heavy atom. The highest BCUT2D eigenvalue weighted by atomic mass is 16.1. The molecule has 6 nitrogen and oxygen atoms in total. The number of anilines is 1. The number of rotatable bonds is 3. The number of aromatic nitrogens is 3. The van der Waals surface area contributed by atoms with Gasteiger partial charge < -0.3 is 15.2 Å². The zero-order valence-corrected chi connectivity index (χ0v) is 12.7. The highest BCUT2D eigenvalue weighted by Crippen LogP contribution is 2.36. The summed E-state index contributed by atoms with van der Waals surface area (Å²) < 4.78 is 2.13. The fourth-order valence-corrected chi connectivity index (χ4v) is 3.24. The van der Waals surface area contributed by atoms with Crippen molar-refractivity contribution in [3.05, 3.63) is 18.1 Å². The molecule has 0 saturated heterocycles. The molecular formula is C15H21N5O. The highest BCUT2D eigenvalue weighted by molar-refractivity contribution is 5.86. The second-order valence-corrected chi connectivity index (χ2v) is 5.66. The van der Waals surface area contributed by atoms with Gasteiger partial charge in [-0.05, 0) is 32.3 Å². The summed E-state index contributed by atoms with van der Waals surface area (Å²) in [4.78, 5) is 20.9. The average molecular weight is 287 g/mol. The van der Waals surface area contributed by atoms with Crippen LogP contribution in [0.15, 0.2) is 12.4 Å². The minimum Gasteiger partial charge on any atom is -0.386 e. The van der Waals surface area contributed by atoms with Crippen LogP contribution in [0.3, 0.4) is 0 Å². The molecule has 2 heterocycles. The molecular weight excluding hydrogens is 266 g/mol. The summed E-state index contributed by atoms with van der Waals surface area (Å²) in [5, 5.41) is 5.92. The van der Waals surface area contributed by atoms with Gasteiger partial charge in [0.1, 0.15) is 5.52 Å². The lowest BCUT2D eigenvalue weighted by molar-refractivity contribution is -0.124. The average Bonchev–Trinajstić information content (AvgIpc) is 3.11. The maximum Gasteiger partial charge on any atom is 0.222 e. The molecule has 2 N–H and O–H groups in total. The minimum absolute atomic E-state index is 0.103. The Labute approximate surface area is 124 Å². The second-order valence-electron chi connectivity index (χ2n) is 5.66. The SMILES string of the molecule is CNC(=O)C1CCC(n2cnc3c(NC)cc(C)nc32)C1. The third-order valence-corrected chi connectivity index (χ3v) is 4.34. The Morgan fingerprint density at radius 1 is 1.38 bits per heavy atom. The number of aryl methyl sites for hydroxylation is 1. The Bertz CT molecular complexity index is 678. The maximum atomic E-state index is 11.8. The fourth-order valence-electron chi connectivity index (χ4n) is 3.24. The van der Waals surface area contributed by atoms with Crippen molar-refractivity contribution >= 4 is 22.8 Å². The van der Waals surface area contributed by atoms with E-state index in [9.17, 15) is 4.79 Å². The van der Waals surface area contributed by atoms with Gasteiger partial charge in [-0.25, -0.2) is 9.97 Å².